The van der Waals surface area contributed by atoms with E-state index in [2.05, 4.69) is 20.9 Å². The normalized spacial score (nSPS) is 11.0. The molecule has 3 aromatic rings. The lowest BCUT2D eigenvalue weighted by Crippen LogP contribution is -2.19. The SMILES string of the molecule is Cc1c(Br)cccc1-c1ccn2c(=O)c(CO)cnc2c1. The van der Waals surface area contributed by atoms with Gasteiger partial charge in [0.15, 0.2) is 0 Å². The highest BCUT2D eigenvalue weighted by atomic mass is 79.9. The zero-order valence-electron chi connectivity index (χ0n) is 11.4. The van der Waals surface area contributed by atoms with Crippen molar-refractivity contribution in [2.24, 2.45) is 0 Å². The van der Waals surface area contributed by atoms with Crippen LogP contribution in [0.15, 0.2) is 52.0 Å². The number of aliphatic hydroxyl groups excluding tert-OH is 1. The topological polar surface area (TPSA) is 54.6 Å². The van der Waals surface area contributed by atoms with E-state index in [1.54, 1.807) is 6.20 Å². The molecule has 0 saturated heterocycles. The van der Waals surface area contributed by atoms with Gasteiger partial charge >= 0.3 is 0 Å². The van der Waals surface area contributed by atoms with E-state index in [9.17, 15) is 4.79 Å². The maximum atomic E-state index is 12.1. The molecule has 0 radical (unpaired) electrons. The molecule has 1 N–H and O–H groups in total. The van der Waals surface area contributed by atoms with E-state index < -0.39 is 0 Å². The molecular formula is C16H13BrN2O2. The lowest BCUT2D eigenvalue weighted by atomic mass is 10.0. The summed E-state index contributed by atoms with van der Waals surface area (Å²) in [6.45, 7) is 1.74. The Morgan fingerprint density at radius 2 is 2.14 bits per heavy atom. The number of aromatic nitrogens is 2. The Morgan fingerprint density at radius 3 is 2.90 bits per heavy atom. The van der Waals surface area contributed by atoms with E-state index in [1.165, 1.54) is 10.6 Å². The van der Waals surface area contributed by atoms with E-state index in [0.717, 1.165) is 21.2 Å². The van der Waals surface area contributed by atoms with Gasteiger partial charge in [0.25, 0.3) is 5.56 Å². The van der Waals surface area contributed by atoms with Gasteiger partial charge in [-0.3, -0.25) is 9.20 Å². The van der Waals surface area contributed by atoms with Crippen LogP contribution in [0.4, 0.5) is 0 Å². The van der Waals surface area contributed by atoms with Gasteiger partial charge in [-0.1, -0.05) is 28.1 Å². The number of pyridine rings is 1. The molecule has 0 saturated carbocycles. The van der Waals surface area contributed by atoms with Crippen LogP contribution in [0.25, 0.3) is 16.8 Å². The molecule has 0 fully saturated rings. The molecule has 0 aliphatic heterocycles. The zero-order valence-corrected chi connectivity index (χ0v) is 13.0. The number of hydrogen-bond donors (Lipinski definition) is 1. The van der Waals surface area contributed by atoms with Crippen LogP contribution in [0.1, 0.15) is 11.1 Å². The third kappa shape index (κ3) is 2.39. The molecule has 0 atom stereocenters. The first kappa shape index (κ1) is 14.0. The molecule has 0 bridgehead atoms. The molecular weight excluding hydrogens is 332 g/mol. The summed E-state index contributed by atoms with van der Waals surface area (Å²) in [5.41, 5.74) is 3.84. The molecule has 106 valence electrons. The molecule has 5 heteroatoms. The number of hydrogen-bond acceptors (Lipinski definition) is 3. The van der Waals surface area contributed by atoms with Gasteiger partial charge in [-0.15, -0.1) is 0 Å². The third-order valence-electron chi connectivity index (χ3n) is 3.53. The van der Waals surface area contributed by atoms with Crippen molar-refractivity contribution in [2.75, 3.05) is 0 Å². The van der Waals surface area contributed by atoms with Crippen molar-refractivity contribution in [2.45, 2.75) is 13.5 Å². The van der Waals surface area contributed by atoms with Crippen LogP contribution in [-0.2, 0) is 6.61 Å². The predicted octanol–water partition coefficient (Wildman–Crippen LogP) is 2.92. The Hall–Kier alpha value is -1.98. The minimum atomic E-state index is -0.304. The fourth-order valence-corrected chi connectivity index (χ4v) is 2.68. The van der Waals surface area contributed by atoms with Crippen molar-refractivity contribution in [3.63, 3.8) is 0 Å². The molecule has 0 aliphatic rings. The Morgan fingerprint density at radius 1 is 1.33 bits per heavy atom. The Bertz CT molecular complexity index is 887. The first-order chi connectivity index (χ1) is 10.1. The summed E-state index contributed by atoms with van der Waals surface area (Å²) < 4.78 is 2.49. The smallest absolute Gasteiger partial charge is 0.263 e. The molecule has 0 unspecified atom stereocenters. The van der Waals surface area contributed by atoms with Crippen LogP contribution in [0.3, 0.4) is 0 Å². The predicted molar refractivity (Wildman–Crippen MR) is 85.3 cm³/mol. The highest BCUT2D eigenvalue weighted by Gasteiger charge is 2.08. The molecule has 2 heterocycles. The summed E-state index contributed by atoms with van der Waals surface area (Å²) in [5, 5.41) is 9.12. The number of nitrogens with zero attached hydrogens (tertiary/aromatic N) is 2. The first-order valence-corrected chi connectivity index (χ1v) is 7.28. The fourth-order valence-electron chi connectivity index (χ4n) is 2.31. The summed E-state index contributed by atoms with van der Waals surface area (Å²) in [6, 6.07) is 9.76. The van der Waals surface area contributed by atoms with Crippen LogP contribution < -0.4 is 5.56 Å². The van der Waals surface area contributed by atoms with Crippen LogP contribution >= 0.6 is 15.9 Å². The van der Waals surface area contributed by atoms with Gasteiger partial charge in [0.2, 0.25) is 0 Å². The summed E-state index contributed by atoms with van der Waals surface area (Å²) in [5.74, 6) is 0. The monoisotopic (exact) mass is 344 g/mol. The van der Waals surface area contributed by atoms with Crippen molar-refractivity contribution in [3.05, 3.63) is 68.7 Å². The number of fused-ring (bicyclic) bond motifs is 1. The maximum Gasteiger partial charge on any atom is 0.263 e. The van der Waals surface area contributed by atoms with Gasteiger partial charge in [0.1, 0.15) is 5.65 Å². The van der Waals surface area contributed by atoms with Gasteiger partial charge in [0.05, 0.1) is 12.2 Å². The molecule has 0 aliphatic carbocycles. The molecule has 2 aromatic heterocycles. The lowest BCUT2D eigenvalue weighted by Gasteiger charge is -2.09. The van der Waals surface area contributed by atoms with Crippen LogP contribution in [0, 0.1) is 6.92 Å². The van der Waals surface area contributed by atoms with Gasteiger partial charge in [-0.2, -0.15) is 0 Å². The molecule has 0 amide bonds. The average Bonchev–Trinajstić information content (AvgIpc) is 2.50. The van der Waals surface area contributed by atoms with Gasteiger partial charge in [-0.25, -0.2) is 4.98 Å². The van der Waals surface area contributed by atoms with Gasteiger partial charge in [0, 0.05) is 16.9 Å². The molecule has 0 spiro atoms. The second kappa shape index (κ2) is 5.42. The highest BCUT2D eigenvalue weighted by Crippen LogP contribution is 2.28. The molecule has 3 rings (SSSR count). The van der Waals surface area contributed by atoms with Crippen LogP contribution in [0.5, 0.6) is 0 Å². The average molecular weight is 345 g/mol. The van der Waals surface area contributed by atoms with Gasteiger partial charge in [-0.05, 0) is 41.8 Å². The van der Waals surface area contributed by atoms with E-state index in [4.69, 9.17) is 5.11 Å². The van der Waals surface area contributed by atoms with Crippen LogP contribution in [0.2, 0.25) is 0 Å². The quantitative estimate of drug-likeness (QED) is 0.777. The minimum absolute atomic E-state index is 0.236. The minimum Gasteiger partial charge on any atom is -0.391 e. The van der Waals surface area contributed by atoms with E-state index in [0.29, 0.717) is 11.2 Å². The number of benzene rings is 1. The Kier molecular flexibility index (Phi) is 3.61. The maximum absolute atomic E-state index is 12.1. The summed E-state index contributed by atoms with van der Waals surface area (Å²) in [7, 11) is 0. The van der Waals surface area contributed by atoms with Crippen molar-refractivity contribution in [1.82, 2.24) is 9.38 Å². The van der Waals surface area contributed by atoms with E-state index in [1.807, 2.05) is 37.3 Å². The van der Waals surface area contributed by atoms with E-state index >= 15 is 0 Å². The van der Waals surface area contributed by atoms with E-state index in [-0.39, 0.29) is 12.2 Å². The summed E-state index contributed by atoms with van der Waals surface area (Å²) in [6.07, 6.45) is 3.12. The highest BCUT2D eigenvalue weighted by molar-refractivity contribution is 9.10. The van der Waals surface area contributed by atoms with Crippen molar-refractivity contribution in [1.29, 1.82) is 0 Å². The number of rotatable bonds is 2. The largest absolute Gasteiger partial charge is 0.391 e. The summed E-state index contributed by atoms with van der Waals surface area (Å²) in [4.78, 5) is 16.3. The fraction of sp³-hybridized carbons (Fsp3) is 0.125. The zero-order chi connectivity index (χ0) is 15.0. The van der Waals surface area contributed by atoms with Crippen molar-refractivity contribution in [3.8, 4) is 11.1 Å². The Balaban J connectivity index is 2.23. The molecule has 21 heavy (non-hydrogen) atoms. The Labute approximate surface area is 129 Å². The summed E-state index contributed by atoms with van der Waals surface area (Å²) >= 11 is 3.52. The number of aliphatic hydroxyl groups is 1. The van der Waals surface area contributed by atoms with Crippen molar-refractivity contribution < 1.29 is 5.11 Å². The first-order valence-electron chi connectivity index (χ1n) is 6.48. The second-order valence-electron chi connectivity index (χ2n) is 4.80. The van der Waals surface area contributed by atoms with Crippen LogP contribution in [-0.4, -0.2) is 14.5 Å². The standard InChI is InChI=1S/C16H13BrN2O2/c1-10-13(3-2-4-14(10)17)11-5-6-19-15(7-11)18-8-12(9-20)16(19)21/h2-8,20H,9H2,1H3. The third-order valence-corrected chi connectivity index (χ3v) is 4.39. The van der Waals surface area contributed by atoms with Gasteiger partial charge < -0.3 is 5.11 Å². The second-order valence-corrected chi connectivity index (χ2v) is 5.66. The molecule has 4 nitrogen and oxygen atoms in total. The molecule has 1 aromatic carbocycles. The number of halogens is 1. The van der Waals surface area contributed by atoms with Crippen molar-refractivity contribution >= 4 is 21.6 Å². The lowest BCUT2D eigenvalue weighted by molar-refractivity contribution is 0.279.